The second-order valence-electron chi connectivity index (χ2n) is 6.88. The average Bonchev–Trinajstić information content (AvgIpc) is 3.28. The lowest BCUT2D eigenvalue weighted by atomic mass is 10.0. The van der Waals surface area contributed by atoms with Crippen molar-refractivity contribution < 1.29 is 18.7 Å². The zero-order valence-corrected chi connectivity index (χ0v) is 17.4. The fraction of sp³-hybridized carbons (Fsp3) is 0.130. The van der Waals surface area contributed by atoms with Gasteiger partial charge in [-0.05, 0) is 35.4 Å². The van der Waals surface area contributed by atoms with Crippen molar-refractivity contribution in [1.29, 1.82) is 5.26 Å². The molecule has 1 amide bonds. The molecule has 2 aromatic carbocycles. The Kier molecular flexibility index (Phi) is 5.85. The molecule has 9 heteroatoms. The highest BCUT2D eigenvalue weighted by Crippen LogP contribution is 2.23. The maximum absolute atomic E-state index is 12.6. The normalized spacial score (nSPS) is 10.4. The summed E-state index contributed by atoms with van der Waals surface area (Å²) >= 11 is 0. The Labute approximate surface area is 183 Å². The topological polar surface area (TPSA) is 118 Å². The maximum Gasteiger partial charge on any atom is 0.349 e. The third-order valence-electron chi connectivity index (χ3n) is 4.74. The average molecular weight is 426 g/mol. The van der Waals surface area contributed by atoms with Crippen molar-refractivity contribution in [3.05, 3.63) is 83.5 Å². The van der Waals surface area contributed by atoms with Crippen LogP contribution in [0.3, 0.4) is 0 Å². The van der Waals surface area contributed by atoms with E-state index in [1.807, 2.05) is 37.3 Å². The summed E-state index contributed by atoms with van der Waals surface area (Å²) in [7, 11) is 1.53. The third-order valence-corrected chi connectivity index (χ3v) is 4.74. The number of anilines is 1. The number of amides is 1. The number of aromatic nitrogens is 4. The van der Waals surface area contributed by atoms with Gasteiger partial charge in [0.25, 0.3) is 6.26 Å². The molecule has 0 atom stereocenters. The van der Waals surface area contributed by atoms with Gasteiger partial charge < -0.3 is 10.1 Å². The van der Waals surface area contributed by atoms with E-state index in [2.05, 4.69) is 26.8 Å². The maximum atomic E-state index is 12.6. The Morgan fingerprint density at radius 2 is 2.09 bits per heavy atom. The smallest absolute Gasteiger partial charge is 0.349 e. The molecular weight excluding hydrogens is 408 g/mol. The van der Waals surface area contributed by atoms with Crippen LogP contribution in [0.4, 0.5) is 5.69 Å². The molecule has 0 saturated carbocycles. The van der Waals surface area contributed by atoms with Crippen molar-refractivity contribution in [2.45, 2.75) is 13.5 Å². The lowest BCUT2D eigenvalue weighted by Crippen LogP contribution is -2.43. The molecule has 0 aliphatic carbocycles. The van der Waals surface area contributed by atoms with Gasteiger partial charge in [0.2, 0.25) is 6.54 Å². The minimum Gasteiger partial charge on any atom is -0.467 e. The van der Waals surface area contributed by atoms with Gasteiger partial charge in [0.1, 0.15) is 0 Å². The number of carbonyl (C=O) groups is 1. The first-order chi connectivity index (χ1) is 15.6. The highest BCUT2D eigenvalue weighted by Gasteiger charge is 2.26. The van der Waals surface area contributed by atoms with E-state index >= 15 is 0 Å². The van der Waals surface area contributed by atoms with Crippen LogP contribution in [0.1, 0.15) is 27.3 Å². The number of ether oxygens (including phenoxy) is 1. The van der Waals surface area contributed by atoms with Crippen LogP contribution >= 0.6 is 0 Å². The van der Waals surface area contributed by atoms with Crippen molar-refractivity contribution >= 4 is 11.6 Å². The molecule has 157 valence electrons. The van der Waals surface area contributed by atoms with Crippen LogP contribution in [-0.2, 0) is 6.54 Å². The minimum absolute atomic E-state index is 0.135. The van der Waals surface area contributed by atoms with E-state index in [-0.39, 0.29) is 5.69 Å². The number of nitriles is 1. The molecule has 2 heterocycles. The van der Waals surface area contributed by atoms with E-state index in [4.69, 9.17) is 14.5 Å². The van der Waals surface area contributed by atoms with Crippen molar-refractivity contribution in [3.63, 3.8) is 0 Å². The zero-order chi connectivity index (χ0) is 22.5. The summed E-state index contributed by atoms with van der Waals surface area (Å²) in [6.45, 7) is 2.21. The molecule has 0 bridgehead atoms. The summed E-state index contributed by atoms with van der Waals surface area (Å²) < 4.78 is 11.4. The number of hydrogen-bond donors (Lipinski definition) is 1. The molecule has 0 unspecified atom stereocenters. The lowest BCUT2D eigenvalue weighted by Gasteiger charge is -2.06. The Morgan fingerprint density at radius 3 is 2.81 bits per heavy atom. The molecule has 0 fully saturated rings. The molecule has 4 aromatic rings. The van der Waals surface area contributed by atoms with Crippen LogP contribution < -0.4 is 14.7 Å². The predicted octanol–water partition coefficient (Wildman–Crippen LogP) is 2.71. The number of benzene rings is 2. The number of methoxy groups -OCH3 is 1. The zero-order valence-electron chi connectivity index (χ0n) is 17.4. The van der Waals surface area contributed by atoms with Crippen molar-refractivity contribution in [2.75, 3.05) is 12.4 Å². The van der Waals surface area contributed by atoms with E-state index in [0.717, 1.165) is 22.4 Å². The van der Waals surface area contributed by atoms with E-state index in [1.165, 1.54) is 11.8 Å². The molecule has 9 nitrogen and oxygen atoms in total. The quantitative estimate of drug-likeness (QED) is 0.471. The summed E-state index contributed by atoms with van der Waals surface area (Å²) in [6, 6.07) is 16.7. The second-order valence-corrected chi connectivity index (χ2v) is 6.88. The number of hydrogen-bond acceptors (Lipinski definition) is 7. The van der Waals surface area contributed by atoms with E-state index < -0.39 is 5.91 Å². The summed E-state index contributed by atoms with van der Waals surface area (Å²) in [5.74, 6) is -0.441. The fourth-order valence-corrected chi connectivity index (χ4v) is 3.12. The van der Waals surface area contributed by atoms with Crippen LogP contribution in [0.2, 0.25) is 0 Å². The minimum atomic E-state index is -0.441. The second kappa shape index (κ2) is 9.06. The summed E-state index contributed by atoms with van der Waals surface area (Å²) in [5, 5.41) is 15.6. The number of nitrogens with zero attached hydrogens (tertiary/aromatic N) is 5. The first kappa shape index (κ1) is 20.7. The first-order valence-electron chi connectivity index (χ1n) is 9.63. The van der Waals surface area contributed by atoms with E-state index in [0.29, 0.717) is 23.8 Å². The highest BCUT2D eigenvalue weighted by molar-refractivity contribution is 6.01. The SMILES string of the molecule is COc1ncc(-c2ccc(C[n+]3no[c]c3C(=O)Nc3cccc(C#N)c3)cc2)c(C)n1. The highest BCUT2D eigenvalue weighted by atomic mass is 16.5. The van der Waals surface area contributed by atoms with Gasteiger partial charge in [-0.15, -0.1) is 0 Å². The molecule has 0 aliphatic rings. The van der Waals surface area contributed by atoms with Gasteiger partial charge in [0.15, 0.2) is 5.27 Å². The molecule has 1 N–H and O–H groups in total. The monoisotopic (exact) mass is 426 g/mol. The van der Waals surface area contributed by atoms with Crippen LogP contribution in [0, 0.1) is 24.5 Å². The van der Waals surface area contributed by atoms with E-state index in [1.54, 1.807) is 30.5 Å². The molecule has 0 spiro atoms. The predicted molar refractivity (Wildman–Crippen MR) is 113 cm³/mol. The van der Waals surface area contributed by atoms with Crippen LogP contribution in [0.15, 0.2) is 59.3 Å². The van der Waals surface area contributed by atoms with Crippen LogP contribution in [0.5, 0.6) is 6.01 Å². The third kappa shape index (κ3) is 4.44. The lowest BCUT2D eigenvalue weighted by molar-refractivity contribution is -0.756. The Hall–Kier alpha value is -4.58. The summed E-state index contributed by atoms with van der Waals surface area (Å²) in [4.78, 5) is 21.1. The van der Waals surface area contributed by atoms with Gasteiger partial charge in [0.05, 0.1) is 24.4 Å². The fourth-order valence-electron chi connectivity index (χ4n) is 3.12. The van der Waals surface area contributed by atoms with Gasteiger partial charge in [-0.1, -0.05) is 30.3 Å². The van der Waals surface area contributed by atoms with Crippen molar-refractivity contribution in [3.8, 4) is 23.2 Å². The number of carbonyl (C=O) groups excluding carboxylic acids is 1. The standard InChI is InChI=1S/C23H17N6O3/c1-15-20(12-25-23(26-15)31-2)18-8-6-16(7-9-18)13-29-21(14-32-28-29)22(30)27-19-5-3-4-17(10-19)11-24/h3-10,12H,13H2,1-2H3/p+1. The molecule has 2 aromatic heterocycles. The van der Waals surface area contributed by atoms with Crippen LogP contribution in [0.25, 0.3) is 11.1 Å². The molecule has 1 radical (unpaired) electrons. The molecule has 0 saturated heterocycles. The molecule has 4 rings (SSSR count). The van der Waals surface area contributed by atoms with E-state index in [9.17, 15) is 4.79 Å². The van der Waals surface area contributed by atoms with Gasteiger partial charge in [-0.2, -0.15) is 10.2 Å². The van der Waals surface area contributed by atoms with Crippen molar-refractivity contribution in [1.82, 2.24) is 15.2 Å². The number of rotatable bonds is 6. The molecule has 32 heavy (non-hydrogen) atoms. The molecular formula is C23H18N6O3+. The van der Waals surface area contributed by atoms with Gasteiger partial charge in [0, 0.05) is 23.0 Å². The summed E-state index contributed by atoms with van der Waals surface area (Å²) in [5.41, 5.74) is 4.66. The number of aryl methyl sites for hydroxylation is 1. The summed E-state index contributed by atoms with van der Waals surface area (Å²) in [6.07, 6.45) is 4.23. The van der Waals surface area contributed by atoms with Crippen LogP contribution in [-0.4, -0.2) is 28.3 Å². The van der Waals surface area contributed by atoms with Gasteiger partial charge in [-0.25, -0.2) is 4.98 Å². The van der Waals surface area contributed by atoms with Crippen molar-refractivity contribution in [2.24, 2.45) is 0 Å². The Bertz CT molecular complexity index is 1310. The number of nitrogens with one attached hydrogen (secondary N) is 1. The molecule has 0 aliphatic heterocycles. The Balaban J connectivity index is 1.49. The van der Waals surface area contributed by atoms with Gasteiger partial charge in [-0.3, -0.25) is 9.32 Å². The first-order valence-corrected chi connectivity index (χ1v) is 9.63. The largest absolute Gasteiger partial charge is 0.467 e. The van der Waals surface area contributed by atoms with Gasteiger partial charge >= 0.3 is 17.6 Å². The Morgan fingerprint density at radius 1 is 1.28 bits per heavy atom.